The fourth-order valence-corrected chi connectivity index (χ4v) is 2.96. The van der Waals surface area contributed by atoms with Crippen molar-refractivity contribution in [3.8, 4) is 0 Å². The first kappa shape index (κ1) is 15.0. The Morgan fingerprint density at radius 2 is 2.09 bits per heavy atom. The average Bonchev–Trinajstić information content (AvgIpc) is 3.03. The van der Waals surface area contributed by atoms with E-state index in [0.717, 1.165) is 56.0 Å². The molecule has 0 amide bonds. The van der Waals surface area contributed by atoms with Gasteiger partial charge in [0.2, 0.25) is 0 Å². The molecule has 2 aromatic rings. The van der Waals surface area contributed by atoms with Crippen LogP contribution in [-0.4, -0.2) is 32.7 Å². The van der Waals surface area contributed by atoms with Crippen molar-refractivity contribution in [1.82, 2.24) is 19.6 Å². The van der Waals surface area contributed by atoms with E-state index in [0.29, 0.717) is 5.92 Å². The maximum Gasteiger partial charge on any atom is 0.256 e. The molecule has 0 unspecified atom stereocenters. The number of rotatable bonds is 4. The molecule has 3 heterocycles. The Kier molecular flexibility index (Phi) is 4.38. The highest BCUT2D eigenvalue weighted by atomic mass is 16.5. The van der Waals surface area contributed by atoms with Gasteiger partial charge < -0.3 is 4.52 Å². The fourth-order valence-electron chi connectivity index (χ4n) is 2.96. The molecule has 3 rings (SSSR count). The van der Waals surface area contributed by atoms with Crippen LogP contribution in [0.25, 0.3) is 0 Å². The Balaban J connectivity index is 1.56. The van der Waals surface area contributed by atoms with Crippen LogP contribution >= 0.6 is 0 Å². The van der Waals surface area contributed by atoms with Crippen LogP contribution in [0.15, 0.2) is 28.0 Å². The van der Waals surface area contributed by atoms with Gasteiger partial charge in [-0.1, -0.05) is 5.16 Å². The van der Waals surface area contributed by atoms with Gasteiger partial charge >= 0.3 is 0 Å². The lowest BCUT2D eigenvalue weighted by atomic mass is 9.96. The maximum absolute atomic E-state index is 12.2. The van der Waals surface area contributed by atoms with Crippen LogP contribution < -0.4 is 5.56 Å². The van der Waals surface area contributed by atoms with Crippen molar-refractivity contribution in [2.24, 2.45) is 5.92 Å². The van der Waals surface area contributed by atoms with Crippen molar-refractivity contribution < 1.29 is 4.52 Å². The summed E-state index contributed by atoms with van der Waals surface area (Å²) in [6.45, 7) is 7.40. The minimum atomic E-state index is 0.0949. The van der Waals surface area contributed by atoms with E-state index in [2.05, 4.69) is 15.0 Å². The standard InChI is InChI=1S/C16H22N4O2/c1-12-13(2)17-11-20(16(12)21)9-14-3-6-19(7-4-14)10-15-5-8-22-18-15/h5,8,11,14H,3-4,6-7,9-10H2,1-2H3. The third kappa shape index (κ3) is 3.27. The molecule has 22 heavy (non-hydrogen) atoms. The Morgan fingerprint density at radius 1 is 1.32 bits per heavy atom. The van der Waals surface area contributed by atoms with Crippen LogP contribution in [0.2, 0.25) is 0 Å². The van der Waals surface area contributed by atoms with E-state index in [1.54, 1.807) is 17.2 Å². The lowest BCUT2D eigenvalue weighted by molar-refractivity contribution is 0.163. The van der Waals surface area contributed by atoms with Gasteiger partial charge in [0.15, 0.2) is 0 Å². The predicted molar refractivity (Wildman–Crippen MR) is 82.5 cm³/mol. The lowest BCUT2D eigenvalue weighted by Gasteiger charge is -2.31. The highest BCUT2D eigenvalue weighted by Crippen LogP contribution is 2.20. The van der Waals surface area contributed by atoms with Crippen molar-refractivity contribution in [3.05, 3.63) is 46.0 Å². The molecule has 2 aromatic heterocycles. The molecule has 0 aliphatic carbocycles. The number of hydrogen-bond donors (Lipinski definition) is 0. The topological polar surface area (TPSA) is 64.2 Å². The van der Waals surface area contributed by atoms with Crippen molar-refractivity contribution >= 4 is 0 Å². The highest BCUT2D eigenvalue weighted by Gasteiger charge is 2.21. The van der Waals surface area contributed by atoms with Crippen molar-refractivity contribution in [2.75, 3.05) is 13.1 Å². The lowest BCUT2D eigenvalue weighted by Crippen LogP contribution is -2.36. The summed E-state index contributed by atoms with van der Waals surface area (Å²) < 4.78 is 6.63. The number of piperidine rings is 1. The van der Waals surface area contributed by atoms with Crippen LogP contribution in [0.4, 0.5) is 0 Å². The van der Waals surface area contributed by atoms with Gasteiger partial charge in [0, 0.05) is 30.4 Å². The molecule has 1 aliphatic heterocycles. The SMILES string of the molecule is Cc1ncn(CC2CCN(Cc3ccon3)CC2)c(=O)c1C. The smallest absolute Gasteiger partial charge is 0.256 e. The quantitative estimate of drug-likeness (QED) is 0.861. The van der Waals surface area contributed by atoms with E-state index in [1.165, 1.54) is 0 Å². The molecule has 0 saturated carbocycles. The first-order valence-corrected chi connectivity index (χ1v) is 7.77. The predicted octanol–water partition coefficient (Wildman–Crippen LogP) is 1.76. The zero-order chi connectivity index (χ0) is 15.5. The monoisotopic (exact) mass is 302 g/mol. The van der Waals surface area contributed by atoms with E-state index in [1.807, 2.05) is 19.9 Å². The zero-order valence-electron chi connectivity index (χ0n) is 13.2. The van der Waals surface area contributed by atoms with Crippen molar-refractivity contribution in [2.45, 2.75) is 39.8 Å². The van der Waals surface area contributed by atoms with Gasteiger partial charge in [-0.2, -0.15) is 0 Å². The Bertz CT molecular complexity index is 670. The van der Waals surface area contributed by atoms with Gasteiger partial charge in [0.1, 0.15) is 6.26 Å². The number of hydrogen-bond acceptors (Lipinski definition) is 5. The normalized spacial score (nSPS) is 17.0. The molecule has 6 heteroatoms. The fraction of sp³-hybridized carbons (Fsp3) is 0.562. The largest absolute Gasteiger partial charge is 0.364 e. The highest BCUT2D eigenvalue weighted by molar-refractivity contribution is 5.12. The van der Waals surface area contributed by atoms with Crippen molar-refractivity contribution in [3.63, 3.8) is 0 Å². The molecular weight excluding hydrogens is 280 g/mol. The second-order valence-corrected chi connectivity index (χ2v) is 6.12. The molecule has 1 saturated heterocycles. The second-order valence-electron chi connectivity index (χ2n) is 6.12. The Morgan fingerprint density at radius 3 is 2.77 bits per heavy atom. The van der Waals surface area contributed by atoms with Crippen LogP contribution in [0.3, 0.4) is 0 Å². The Hall–Kier alpha value is -1.95. The van der Waals surface area contributed by atoms with Crippen molar-refractivity contribution in [1.29, 1.82) is 0 Å². The van der Waals surface area contributed by atoms with Crippen LogP contribution in [0.5, 0.6) is 0 Å². The summed E-state index contributed by atoms with van der Waals surface area (Å²) in [4.78, 5) is 18.9. The van der Waals surface area contributed by atoms with Gasteiger partial charge in [-0.15, -0.1) is 0 Å². The molecule has 0 aromatic carbocycles. The maximum atomic E-state index is 12.2. The minimum Gasteiger partial charge on any atom is -0.364 e. The second kappa shape index (κ2) is 6.44. The summed E-state index contributed by atoms with van der Waals surface area (Å²) in [5.41, 5.74) is 2.65. The van der Waals surface area contributed by atoms with Gasteiger partial charge in [-0.3, -0.25) is 14.3 Å². The Labute approximate surface area is 129 Å². The first-order valence-electron chi connectivity index (χ1n) is 7.77. The summed E-state index contributed by atoms with van der Waals surface area (Å²) in [5, 5.41) is 3.96. The minimum absolute atomic E-state index is 0.0949. The summed E-state index contributed by atoms with van der Waals surface area (Å²) in [7, 11) is 0. The molecular formula is C16H22N4O2. The van der Waals surface area contributed by atoms with E-state index < -0.39 is 0 Å². The molecule has 118 valence electrons. The third-order valence-corrected chi connectivity index (χ3v) is 4.55. The van der Waals surface area contributed by atoms with Gasteiger partial charge in [0.25, 0.3) is 5.56 Å². The van der Waals surface area contributed by atoms with Gasteiger partial charge in [-0.05, 0) is 45.7 Å². The molecule has 6 nitrogen and oxygen atoms in total. The number of nitrogens with zero attached hydrogens (tertiary/aromatic N) is 4. The molecule has 0 radical (unpaired) electrons. The molecule has 0 atom stereocenters. The third-order valence-electron chi connectivity index (χ3n) is 4.55. The van der Waals surface area contributed by atoms with E-state index in [4.69, 9.17) is 4.52 Å². The number of aromatic nitrogens is 3. The van der Waals surface area contributed by atoms with Crippen LogP contribution in [0.1, 0.15) is 29.8 Å². The molecule has 1 fully saturated rings. The summed E-state index contributed by atoms with van der Waals surface area (Å²) in [6, 6.07) is 1.91. The first-order chi connectivity index (χ1) is 10.6. The summed E-state index contributed by atoms with van der Waals surface area (Å²) >= 11 is 0. The number of aryl methyl sites for hydroxylation is 1. The molecule has 0 spiro atoms. The van der Waals surface area contributed by atoms with E-state index >= 15 is 0 Å². The van der Waals surface area contributed by atoms with Crippen LogP contribution in [0, 0.1) is 19.8 Å². The summed E-state index contributed by atoms with van der Waals surface area (Å²) in [6.07, 6.45) is 5.49. The zero-order valence-corrected chi connectivity index (χ0v) is 13.2. The summed E-state index contributed by atoms with van der Waals surface area (Å²) in [5.74, 6) is 0.537. The van der Waals surface area contributed by atoms with Gasteiger partial charge in [0.05, 0.1) is 12.0 Å². The van der Waals surface area contributed by atoms with E-state index in [9.17, 15) is 4.79 Å². The molecule has 1 aliphatic rings. The van der Waals surface area contributed by atoms with Gasteiger partial charge in [-0.25, -0.2) is 4.98 Å². The van der Waals surface area contributed by atoms with E-state index in [-0.39, 0.29) is 5.56 Å². The molecule has 0 bridgehead atoms. The average molecular weight is 302 g/mol. The number of likely N-dealkylation sites (tertiary alicyclic amines) is 1. The molecule has 0 N–H and O–H groups in total. The van der Waals surface area contributed by atoms with Crippen LogP contribution in [-0.2, 0) is 13.1 Å².